The smallest absolute Gasteiger partial charge is 0.277 e. The number of carbonyl (C=O) groups excluding carboxylic acids is 1. The fourth-order valence-electron chi connectivity index (χ4n) is 2.01. The number of aryl methyl sites for hydroxylation is 2. The molecule has 1 atom stereocenters. The lowest BCUT2D eigenvalue weighted by Crippen LogP contribution is -2.49. The first-order valence-electron chi connectivity index (χ1n) is 8.01. The summed E-state index contributed by atoms with van der Waals surface area (Å²) in [5.41, 5.74) is 2.30. The second-order valence-electron chi connectivity index (χ2n) is 6.48. The van der Waals surface area contributed by atoms with Crippen LogP contribution in [-0.2, 0) is 4.79 Å². The van der Waals surface area contributed by atoms with Crippen molar-refractivity contribution in [2.24, 2.45) is 5.92 Å². The van der Waals surface area contributed by atoms with Crippen LogP contribution in [0.1, 0.15) is 31.9 Å². The van der Waals surface area contributed by atoms with Crippen molar-refractivity contribution in [1.82, 2.24) is 15.5 Å². The second-order valence-corrected chi connectivity index (χ2v) is 7.40. The molecule has 25 heavy (non-hydrogen) atoms. The maximum Gasteiger partial charge on any atom is 0.277 e. The number of aromatic nitrogens is 2. The molecule has 0 aliphatic carbocycles. The third kappa shape index (κ3) is 4.60. The Bertz CT molecular complexity index is 810. The van der Waals surface area contributed by atoms with Crippen LogP contribution in [0.5, 0.6) is 0 Å². The van der Waals surface area contributed by atoms with Crippen molar-refractivity contribution in [3.05, 3.63) is 29.3 Å². The molecule has 0 aliphatic heterocycles. The molecule has 7 heteroatoms. The number of nitrogens with zero attached hydrogens (tertiary/aromatic N) is 3. The highest BCUT2D eigenvalue weighted by Crippen LogP contribution is 2.25. The van der Waals surface area contributed by atoms with Gasteiger partial charge in [-0.3, -0.25) is 4.79 Å². The van der Waals surface area contributed by atoms with Crippen molar-refractivity contribution in [1.29, 1.82) is 5.26 Å². The number of carbonyl (C=O) groups is 1. The number of benzene rings is 1. The largest absolute Gasteiger partial charge is 0.411 e. The molecule has 0 spiro atoms. The number of thioether (sulfide) groups is 1. The fraction of sp³-hybridized carbons (Fsp3) is 0.444. The summed E-state index contributed by atoms with van der Waals surface area (Å²) in [4.78, 5) is 12.1. The SMILES string of the molecule is Cc1ccc(-c2nnc(SCC(=O)N[C@](C)(C#N)C(C)C)o2)cc1C. The summed E-state index contributed by atoms with van der Waals surface area (Å²) in [7, 11) is 0. The van der Waals surface area contributed by atoms with E-state index in [0.29, 0.717) is 11.1 Å². The molecular weight excluding hydrogens is 336 g/mol. The highest BCUT2D eigenvalue weighted by molar-refractivity contribution is 7.99. The molecule has 1 amide bonds. The first kappa shape index (κ1) is 19.0. The molecule has 1 aromatic heterocycles. The van der Waals surface area contributed by atoms with Gasteiger partial charge in [-0.05, 0) is 49.9 Å². The molecule has 0 saturated carbocycles. The fourth-order valence-corrected chi connectivity index (χ4v) is 2.58. The summed E-state index contributed by atoms with van der Waals surface area (Å²) in [6.07, 6.45) is 0. The van der Waals surface area contributed by atoms with E-state index in [-0.39, 0.29) is 17.6 Å². The van der Waals surface area contributed by atoms with Crippen LogP contribution in [0.15, 0.2) is 27.8 Å². The lowest BCUT2D eigenvalue weighted by atomic mass is 9.90. The molecule has 0 aliphatic rings. The van der Waals surface area contributed by atoms with E-state index >= 15 is 0 Å². The summed E-state index contributed by atoms with van der Waals surface area (Å²) in [6.45, 7) is 9.56. The maximum absolute atomic E-state index is 12.1. The molecule has 132 valence electrons. The number of amides is 1. The molecule has 2 aromatic rings. The molecule has 0 unspecified atom stereocenters. The molecule has 0 bridgehead atoms. The van der Waals surface area contributed by atoms with E-state index in [0.717, 1.165) is 22.9 Å². The second kappa shape index (κ2) is 7.70. The lowest BCUT2D eigenvalue weighted by Gasteiger charge is -2.27. The predicted octanol–water partition coefficient (Wildman–Crippen LogP) is 3.50. The van der Waals surface area contributed by atoms with Crippen LogP contribution in [0.2, 0.25) is 0 Å². The van der Waals surface area contributed by atoms with Crippen molar-refractivity contribution in [3.8, 4) is 17.5 Å². The minimum Gasteiger partial charge on any atom is -0.411 e. The third-order valence-electron chi connectivity index (χ3n) is 4.27. The van der Waals surface area contributed by atoms with Crippen LogP contribution in [0, 0.1) is 31.1 Å². The Hall–Kier alpha value is -2.33. The first-order chi connectivity index (χ1) is 11.7. The highest BCUT2D eigenvalue weighted by atomic mass is 32.2. The molecule has 0 saturated heterocycles. The summed E-state index contributed by atoms with van der Waals surface area (Å²) in [5.74, 6) is 0.299. The van der Waals surface area contributed by atoms with Crippen LogP contribution in [0.3, 0.4) is 0 Å². The van der Waals surface area contributed by atoms with Gasteiger partial charge < -0.3 is 9.73 Å². The minimum absolute atomic E-state index is 0.00577. The molecule has 1 heterocycles. The molecule has 6 nitrogen and oxygen atoms in total. The summed E-state index contributed by atoms with van der Waals surface area (Å²) >= 11 is 1.15. The average Bonchev–Trinajstić information content (AvgIpc) is 3.04. The van der Waals surface area contributed by atoms with E-state index in [4.69, 9.17) is 4.42 Å². The van der Waals surface area contributed by atoms with E-state index in [1.165, 1.54) is 5.56 Å². The first-order valence-corrected chi connectivity index (χ1v) is 9.00. The summed E-state index contributed by atoms with van der Waals surface area (Å²) in [6, 6.07) is 8.07. The third-order valence-corrected chi connectivity index (χ3v) is 5.09. The van der Waals surface area contributed by atoms with Crippen molar-refractivity contribution in [2.45, 2.75) is 45.4 Å². The van der Waals surface area contributed by atoms with Crippen molar-refractivity contribution >= 4 is 17.7 Å². The van der Waals surface area contributed by atoms with E-state index in [1.54, 1.807) is 6.92 Å². The number of rotatable bonds is 6. The van der Waals surface area contributed by atoms with Gasteiger partial charge in [-0.2, -0.15) is 5.26 Å². The van der Waals surface area contributed by atoms with Gasteiger partial charge in [0.15, 0.2) is 0 Å². The molecule has 0 radical (unpaired) electrons. The lowest BCUT2D eigenvalue weighted by molar-refractivity contribution is -0.120. The molecule has 2 rings (SSSR count). The Morgan fingerprint density at radius 2 is 2.08 bits per heavy atom. The number of nitriles is 1. The van der Waals surface area contributed by atoms with Gasteiger partial charge in [0.25, 0.3) is 5.22 Å². The van der Waals surface area contributed by atoms with Gasteiger partial charge in [-0.1, -0.05) is 31.7 Å². The predicted molar refractivity (Wildman–Crippen MR) is 96.9 cm³/mol. The Morgan fingerprint density at radius 1 is 1.36 bits per heavy atom. The molecular formula is C18H22N4O2S. The van der Waals surface area contributed by atoms with E-state index in [9.17, 15) is 10.1 Å². The normalized spacial score (nSPS) is 13.3. The van der Waals surface area contributed by atoms with Gasteiger partial charge in [0.1, 0.15) is 5.54 Å². The van der Waals surface area contributed by atoms with Gasteiger partial charge in [-0.25, -0.2) is 0 Å². The summed E-state index contributed by atoms with van der Waals surface area (Å²) < 4.78 is 5.61. The van der Waals surface area contributed by atoms with Gasteiger partial charge in [0.2, 0.25) is 11.8 Å². The quantitative estimate of drug-likeness (QED) is 0.795. The average molecular weight is 358 g/mol. The van der Waals surface area contributed by atoms with Crippen LogP contribution >= 0.6 is 11.8 Å². The Kier molecular flexibility index (Phi) is 5.85. The standard InChI is InChI=1S/C18H22N4O2S/c1-11(2)18(5,10-19)20-15(23)9-25-17-22-21-16(24-17)14-7-6-12(3)13(4)8-14/h6-8,11H,9H2,1-5H3,(H,20,23)/t18-/m1/s1. The number of hydrogen-bond acceptors (Lipinski definition) is 6. The monoisotopic (exact) mass is 358 g/mol. The number of nitrogens with one attached hydrogen (secondary N) is 1. The Labute approximate surface area is 152 Å². The van der Waals surface area contributed by atoms with E-state index < -0.39 is 5.54 Å². The van der Waals surface area contributed by atoms with Crippen molar-refractivity contribution in [2.75, 3.05) is 5.75 Å². The van der Waals surface area contributed by atoms with Crippen LogP contribution in [-0.4, -0.2) is 27.4 Å². The van der Waals surface area contributed by atoms with Gasteiger partial charge in [0.05, 0.1) is 11.8 Å². The minimum atomic E-state index is -0.892. The van der Waals surface area contributed by atoms with E-state index in [2.05, 4.69) is 21.6 Å². The Balaban J connectivity index is 1.99. The van der Waals surface area contributed by atoms with Gasteiger partial charge >= 0.3 is 0 Å². The van der Waals surface area contributed by atoms with E-state index in [1.807, 2.05) is 45.9 Å². The van der Waals surface area contributed by atoms with Gasteiger partial charge in [0, 0.05) is 5.56 Å². The zero-order valence-electron chi connectivity index (χ0n) is 15.1. The van der Waals surface area contributed by atoms with Crippen molar-refractivity contribution in [3.63, 3.8) is 0 Å². The molecule has 1 aromatic carbocycles. The zero-order chi connectivity index (χ0) is 18.6. The molecule has 1 N–H and O–H groups in total. The zero-order valence-corrected chi connectivity index (χ0v) is 15.9. The summed E-state index contributed by atoms with van der Waals surface area (Å²) in [5, 5.41) is 20.3. The van der Waals surface area contributed by atoms with Crippen LogP contribution < -0.4 is 5.32 Å². The van der Waals surface area contributed by atoms with Crippen molar-refractivity contribution < 1.29 is 9.21 Å². The number of hydrogen-bond donors (Lipinski definition) is 1. The maximum atomic E-state index is 12.1. The highest BCUT2D eigenvalue weighted by Gasteiger charge is 2.30. The topological polar surface area (TPSA) is 91.8 Å². The van der Waals surface area contributed by atoms with Crippen LogP contribution in [0.25, 0.3) is 11.5 Å². The van der Waals surface area contributed by atoms with Crippen LogP contribution in [0.4, 0.5) is 0 Å². The Morgan fingerprint density at radius 3 is 2.68 bits per heavy atom. The molecule has 0 fully saturated rings. The van der Waals surface area contributed by atoms with Gasteiger partial charge in [-0.15, -0.1) is 10.2 Å².